The lowest BCUT2D eigenvalue weighted by Gasteiger charge is -2.56. The van der Waals surface area contributed by atoms with Crippen molar-refractivity contribution in [3.8, 4) is 6.07 Å². The Morgan fingerprint density at radius 3 is 2.26 bits per heavy atom. The molecule has 2 fully saturated rings. The van der Waals surface area contributed by atoms with Crippen LogP contribution in [-0.2, 0) is 31.6 Å². The van der Waals surface area contributed by atoms with Crippen LogP contribution < -0.4 is 4.90 Å². The Morgan fingerprint density at radius 2 is 1.74 bits per heavy atom. The fourth-order valence-electron chi connectivity index (χ4n) is 4.91. The predicted octanol–water partition coefficient (Wildman–Crippen LogP) is 4.67. The number of amides is 2. The summed E-state index contributed by atoms with van der Waals surface area (Å²) in [5.41, 5.74) is -1.92. The van der Waals surface area contributed by atoms with E-state index >= 15 is 0 Å². The molecular weight excluding hydrogens is 499 g/mol. The molecule has 0 unspecified atom stereocenters. The number of halogens is 3. The van der Waals surface area contributed by atoms with E-state index in [0.29, 0.717) is 5.56 Å². The van der Waals surface area contributed by atoms with Crippen molar-refractivity contribution in [1.29, 1.82) is 5.26 Å². The molecule has 1 aliphatic heterocycles. The van der Waals surface area contributed by atoms with Gasteiger partial charge in [0.25, 0.3) is 11.8 Å². The van der Waals surface area contributed by atoms with Crippen molar-refractivity contribution in [2.75, 3.05) is 11.4 Å². The van der Waals surface area contributed by atoms with E-state index in [0.717, 1.165) is 17.9 Å². The second-order valence-corrected chi connectivity index (χ2v) is 10.9. The van der Waals surface area contributed by atoms with Gasteiger partial charge in [0.15, 0.2) is 0 Å². The van der Waals surface area contributed by atoms with Gasteiger partial charge in [0.2, 0.25) is 5.91 Å². The highest BCUT2D eigenvalue weighted by molar-refractivity contribution is 6.10. The zero-order valence-corrected chi connectivity index (χ0v) is 21.6. The van der Waals surface area contributed by atoms with E-state index in [-0.39, 0.29) is 36.2 Å². The van der Waals surface area contributed by atoms with Crippen molar-refractivity contribution >= 4 is 23.5 Å². The summed E-state index contributed by atoms with van der Waals surface area (Å²) in [6.45, 7) is 5.45. The first-order valence-electron chi connectivity index (χ1n) is 12.2. The number of anilines is 1. The summed E-state index contributed by atoms with van der Waals surface area (Å²) in [4.78, 5) is 42.4. The molecule has 7 nitrogen and oxygen atoms in total. The SMILES string of the molecule is CC(C)(C)OC(=O)C1CC2(C1)C(=O)N(c1ccc(C#N)cc1F)CC(=O)N2Cc1ccc(C(C)(F)F)cc1. The van der Waals surface area contributed by atoms with Gasteiger partial charge in [0, 0.05) is 19.0 Å². The standard InChI is InChI=1S/C28H28F3N3O4/c1-26(2,3)38-24(36)19-12-28(13-19)25(37)33(22-10-7-18(14-32)11-21(22)29)16-23(35)34(28)15-17-5-8-20(9-6-17)27(4,30)31/h5-11,19H,12-13,15-16H2,1-4H3. The maximum absolute atomic E-state index is 14.9. The summed E-state index contributed by atoms with van der Waals surface area (Å²) in [6, 6.07) is 10.9. The monoisotopic (exact) mass is 527 g/mol. The zero-order chi connectivity index (χ0) is 28.0. The Labute approximate surface area is 218 Å². The van der Waals surface area contributed by atoms with Gasteiger partial charge in [-0.3, -0.25) is 19.3 Å². The minimum atomic E-state index is -3.03. The van der Waals surface area contributed by atoms with Crippen molar-refractivity contribution < 1.29 is 32.3 Å². The number of hydrogen-bond acceptors (Lipinski definition) is 5. The molecule has 0 N–H and O–H groups in total. The Kier molecular flexibility index (Phi) is 6.76. The van der Waals surface area contributed by atoms with Gasteiger partial charge in [-0.25, -0.2) is 13.2 Å². The van der Waals surface area contributed by atoms with E-state index in [2.05, 4.69) is 0 Å². The number of piperazine rings is 1. The fraction of sp³-hybridized carbons (Fsp3) is 0.429. The summed E-state index contributed by atoms with van der Waals surface area (Å²) >= 11 is 0. The number of hydrogen-bond donors (Lipinski definition) is 0. The number of rotatable bonds is 5. The molecule has 2 amide bonds. The van der Waals surface area contributed by atoms with E-state index in [1.807, 2.05) is 6.07 Å². The third-order valence-corrected chi connectivity index (χ3v) is 6.83. The van der Waals surface area contributed by atoms with Gasteiger partial charge >= 0.3 is 5.97 Å². The van der Waals surface area contributed by atoms with Gasteiger partial charge in [0.05, 0.1) is 23.2 Å². The van der Waals surface area contributed by atoms with Crippen molar-refractivity contribution in [3.05, 3.63) is 65.0 Å². The number of esters is 1. The van der Waals surface area contributed by atoms with E-state index < -0.39 is 53.1 Å². The summed E-state index contributed by atoms with van der Waals surface area (Å²) in [5, 5.41) is 9.04. The summed E-state index contributed by atoms with van der Waals surface area (Å²) in [6.07, 6.45) is -0.0437. The molecule has 4 rings (SSSR count). The average molecular weight is 528 g/mol. The van der Waals surface area contributed by atoms with E-state index in [1.54, 1.807) is 20.8 Å². The van der Waals surface area contributed by atoms with E-state index in [1.165, 1.54) is 41.3 Å². The van der Waals surface area contributed by atoms with Crippen molar-refractivity contribution in [2.45, 2.75) is 64.1 Å². The smallest absolute Gasteiger partial charge is 0.309 e. The summed E-state index contributed by atoms with van der Waals surface area (Å²) in [5.74, 6) is -6.05. The van der Waals surface area contributed by atoms with Crippen LogP contribution in [0.1, 0.15) is 57.2 Å². The minimum Gasteiger partial charge on any atom is -0.460 e. The molecule has 1 saturated carbocycles. The van der Waals surface area contributed by atoms with Gasteiger partial charge in [-0.15, -0.1) is 0 Å². The molecular formula is C28H28F3N3O4. The van der Waals surface area contributed by atoms with Crippen LogP contribution in [0.2, 0.25) is 0 Å². The Balaban J connectivity index is 1.67. The highest BCUT2D eigenvalue weighted by Crippen LogP contribution is 2.48. The Hall–Kier alpha value is -3.87. The lowest BCUT2D eigenvalue weighted by atomic mass is 9.65. The average Bonchev–Trinajstić information content (AvgIpc) is 2.79. The number of ether oxygens (including phenoxy) is 1. The Morgan fingerprint density at radius 1 is 1.11 bits per heavy atom. The number of carbonyl (C=O) groups excluding carboxylic acids is 3. The maximum Gasteiger partial charge on any atom is 0.309 e. The van der Waals surface area contributed by atoms with Crippen molar-refractivity contribution in [1.82, 2.24) is 4.90 Å². The lowest BCUT2D eigenvalue weighted by Crippen LogP contribution is -2.73. The number of nitriles is 1. The first-order valence-corrected chi connectivity index (χ1v) is 12.2. The molecule has 1 spiro atoms. The first-order chi connectivity index (χ1) is 17.6. The van der Waals surface area contributed by atoms with Crippen LogP contribution in [0.25, 0.3) is 0 Å². The van der Waals surface area contributed by atoms with Crippen molar-refractivity contribution in [3.63, 3.8) is 0 Å². The van der Waals surface area contributed by atoms with Crippen LogP contribution in [0, 0.1) is 23.1 Å². The van der Waals surface area contributed by atoms with Crippen LogP contribution in [0.3, 0.4) is 0 Å². The van der Waals surface area contributed by atoms with Gasteiger partial charge in [0.1, 0.15) is 23.5 Å². The minimum absolute atomic E-state index is 0.0218. The van der Waals surface area contributed by atoms with Gasteiger partial charge in [-0.05, 0) is 57.4 Å². The maximum atomic E-state index is 14.9. The topological polar surface area (TPSA) is 90.7 Å². The van der Waals surface area contributed by atoms with Crippen LogP contribution in [-0.4, -0.2) is 40.4 Å². The lowest BCUT2D eigenvalue weighted by molar-refractivity contribution is -0.178. The Bertz CT molecular complexity index is 1320. The van der Waals surface area contributed by atoms with E-state index in [4.69, 9.17) is 10.00 Å². The molecule has 0 aromatic heterocycles. The van der Waals surface area contributed by atoms with Crippen LogP contribution in [0.5, 0.6) is 0 Å². The van der Waals surface area contributed by atoms with Gasteiger partial charge in [-0.2, -0.15) is 5.26 Å². The predicted molar refractivity (Wildman–Crippen MR) is 131 cm³/mol. The van der Waals surface area contributed by atoms with E-state index in [9.17, 15) is 27.6 Å². The molecule has 2 aliphatic rings. The van der Waals surface area contributed by atoms with Gasteiger partial charge < -0.3 is 9.64 Å². The largest absolute Gasteiger partial charge is 0.460 e. The molecule has 0 radical (unpaired) electrons. The number of carbonyl (C=O) groups is 3. The molecule has 2 aromatic rings. The number of benzene rings is 2. The zero-order valence-electron chi connectivity index (χ0n) is 21.6. The quantitative estimate of drug-likeness (QED) is 0.527. The third kappa shape index (κ3) is 5.10. The third-order valence-electron chi connectivity index (χ3n) is 6.83. The fourth-order valence-corrected chi connectivity index (χ4v) is 4.91. The van der Waals surface area contributed by atoms with Crippen molar-refractivity contribution in [2.24, 2.45) is 5.92 Å². The van der Waals surface area contributed by atoms with Crippen LogP contribution >= 0.6 is 0 Å². The molecule has 0 atom stereocenters. The molecule has 0 bridgehead atoms. The second kappa shape index (κ2) is 9.46. The normalized spacial score (nSPS) is 21.8. The summed E-state index contributed by atoms with van der Waals surface area (Å²) < 4.78 is 47.6. The highest BCUT2D eigenvalue weighted by Gasteiger charge is 2.62. The summed E-state index contributed by atoms with van der Waals surface area (Å²) in [7, 11) is 0. The molecule has 10 heteroatoms. The molecule has 200 valence electrons. The first kappa shape index (κ1) is 27.2. The van der Waals surface area contributed by atoms with Crippen LogP contribution in [0.15, 0.2) is 42.5 Å². The molecule has 38 heavy (non-hydrogen) atoms. The highest BCUT2D eigenvalue weighted by atomic mass is 19.3. The molecule has 1 heterocycles. The van der Waals surface area contributed by atoms with Crippen LogP contribution in [0.4, 0.5) is 18.9 Å². The molecule has 1 saturated heterocycles. The van der Waals surface area contributed by atoms with Gasteiger partial charge in [-0.1, -0.05) is 24.3 Å². The molecule has 1 aliphatic carbocycles. The number of nitrogens with zero attached hydrogens (tertiary/aromatic N) is 3. The molecule has 2 aromatic carbocycles. The second-order valence-electron chi connectivity index (χ2n) is 10.9. The number of alkyl halides is 2.